The summed E-state index contributed by atoms with van der Waals surface area (Å²) in [7, 11) is 2.03. The van der Waals surface area contributed by atoms with Crippen LogP contribution in [-0.4, -0.2) is 60.0 Å². The Balaban J connectivity index is 1.64. The lowest BCUT2D eigenvalue weighted by Gasteiger charge is -2.30. The maximum absolute atomic E-state index is 12.3. The number of carbonyl (C=O) groups is 1. The second-order valence-corrected chi connectivity index (χ2v) is 12.0. The van der Waals surface area contributed by atoms with Crippen LogP contribution in [0, 0.1) is 0 Å². The van der Waals surface area contributed by atoms with Crippen LogP contribution in [0.1, 0.15) is 95.4 Å². The maximum atomic E-state index is 12.3. The zero-order valence-corrected chi connectivity index (χ0v) is 26.5. The van der Waals surface area contributed by atoms with Crippen molar-refractivity contribution in [1.82, 2.24) is 29.3 Å². The number of aromatic amines is 1. The second-order valence-electron chi connectivity index (χ2n) is 12.0. The van der Waals surface area contributed by atoms with Crippen molar-refractivity contribution in [1.29, 1.82) is 0 Å². The first-order chi connectivity index (χ1) is 20.2. The van der Waals surface area contributed by atoms with Gasteiger partial charge >= 0.3 is 5.97 Å². The van der Waals surface area contributed by atoms with Gasteiger partial charge in [-0.1, -0.05) is 51.0 Å². The van der Waals surface area contributed by atoms with Gasteiger partial charge in [-0.05, 0) is 57.2 Å². The molecule has 0 atom stereocenters. The molecule has 0 spiro atoms. The van der Waals surface area contributed by atoms with Crippen LogP contribution in [-0.2, 0) is 42.8 Å². The number of esters is 1. The molecule has 3 rings (SSSR count). The summed E-state index contributed by atoms with van der Waals surface area (Å²) < 4.78 is 7.46. The summed E-state index contributed by atoms with van der Waals surface area (Å²) in [6.45, 7) is 12.8. The van der Waals surface area contributed by atoms with E-state index < -0.39 is 0 Å². The average Bonchev–Trinajstić information content (AvgIpc) is 3.59. The standard InChI is InChI=1S/C33H53N7O2/c1-6-14-33(34,15-7-2)16-8-20-39(21-13-32(41)42-27(3)4)23-28-9-11-29(12-10-28)24-40(25-30-35-17-18-36-30)26-31-37-19-22-38(31)5/h9-12,17-19,22,27H,6-8,13-16,20-21,23-26,34H2,1-5H3,(H,35,36). The molecule has 2 aromatic heterocycles. The number of carbonyl (C=O) groups excluding carboxylic acids is 1. The minimum absolute atomic E-state index is 0.0933. The zero-order chi connectivity index (χ0) is 30.4. The van der Waals surface area contributed by atoms with Crippen molar-refractivity contribution >= 4 is 5.97 Å². The Hall–Kier alpha value is -3.01. The Labute approximate surface area is 252 Å². The summed E-state index contributed by atoms with van der Waals surface area (Å²) in [4.78, 5) is 29.2. The molecule has 3 aromatic rings. The molecular formula is C33H53N7O2. The fraction of sp³-hybridized carbons (Fsp3) is 0.606. The van der Waals surface area contributed by atoms with Gasteiger partial charge in [0.15, 0.2) is 0 Å². The predicted octanol–water partition coefficient (Wildman–Crippen LogP) is 5.57. The number of benzene rings is 1. The lowest BCUT2D eigenvalue weighted by atomic mass is 9.85. The van der Waals surface area contributed by atoms with Crippen LogP contribution in [0.2, 0.25) is 0 Å². The van der Waals surface area contributed by atoms with E-state index >= 15 is 0 Å². The van der Waals surface area contributed by atoms with Crippen LogP contribution in [0.15, 0.2) is 49.1 Å². The van der Waals surface area contributed by atoms with E-state index in [1.165, 1.54) is 11.1 Å². The second kappa shape index (κ2) is 17.2. The average molecular weight is 580 g/mol. The van der Waals surface area contributed by atoms with E-state index in [0.29, 0.717) is 19.5 Å². The highest BCUT2D eigenvalue weighted by molar-refractivity contribution is 5.69. The quantitative estimate of drug-likeness (QED) is 0.169. The van der Waals surface area contributed by atoms with Crippen molar-refractivity contribution in [3.05, 3.63) is 71.8 Å². The minimum atomic E-state index is -0.139. The largest absolute Gasteiger partial charge is 0.463 e. The van der Waals surface area contributed by atoms with Crippen molar-refractivity contribution in [3.8, 4) is 0 Å². The molecule has 0 bridgehead atoms. The Bertz CT molecular complexity index is 1150. The summed E-state index contributed by atoms with van der Waals surface area (Å²) in [5.74, 6) is 1.82. The Kier molecular flexibility index (Phi) is 13.7. The summed E-state index contributed by atoms with van der Waals surface area (Å²) in [5.41, 5.74) is 9.15. The number of nitrogens with zero attached hydrogens (tertiary/aromatic N) is 5. The highest BCUT2D eigenvalue weighted by Crippen LogP contribution is 2.23. The SMILES string of the molecule is CCCC(N)(CCC)CCCN(CCC(=O)OC(C)C)Cc1ccc(CN(Cc2ncc[nH]2)Cc2nccn2C)cc1. The molecule has 0 radical (unpaired) electrons. The Morgan fingerprint density at radius 1 is 0.952 bits per heavy atom. The van der Waals surface area contributed by atoms with E-state index in [-0.39, 0.29) is 17.6 Å². The first-order valence-corrected chi connectivity index (χ1v) is 15.6. The predicted molar refractivity (Wildman–Crippen MR) is 168 cm³/mol. The number of nitrogens with two attached hydrogens (primary N) is 1. The molecule has 2 heterocycles. The van der Waals surface area contributed by atoms with Crippen LogP contribution >= 0.6 is 0 Å². The molecule has 0 fully saturated rings. The molecule has 0 aliphatic rings. The number of hydrogen-bond donors (Lipinski definition) is 2. The van der Waals surface area contributed by atoms with Gasteiger partial charge in [-0.2, -0.15) is 0 Å². The lowest BCUT2D eigenvalue weighted by Crippen LogP contribution is -2.40. The maximum Gasteiger partial charge on any atom is 0.307 e. The van der Waals surface area contributed by atoms with Gasteiger partial charge in [-0.15, -0.1) is 0 Å². The summed E-state index contributed by atoms with van der Waals surface area (Å²) in [6.07, 6.45) is 14.1. The molecule has 9 heteroatoms. The lowest BCUT2D eigenvalue weighted by molar-refractivity contribution is -0.147. The fourth-order valence-electron chi connectivity index (χ4n) is 5.65. The molecule has 1 aromatic carbocycles. The summed E-state index contributed by atoms with van der Waals surface area (Å²) in [6, 6.07) is 8.84. The first kappa shape index (κ1) is 33.5. The van der Waals surface area contributed by atoms with E-state index in [9.17, 15) is 4.79 Å². The molecule has 0 saturated heterocycles. The molecule has 0 aliphatic carbocycles. The normalized spacial score (nSPS) is 12.1. The van der Waals surface area contributed by atoms with Gasteiger partial charge in [0.2, 0.25) is 0 Å². The number of imidazole rings is 2. The number of hydrogen-bond acceptors (Lipinski definition) is 7. The van der Waals surface area contributed by atoms with E-state index in [4.69, 9.17) is 10.5 Å². The van der Waals surface area contributed by atoms with Crippen LogP contribution in [0.5, 0.6) is 0 Å². The summed E-state index contributed by atoms with van der Waals surface area (Å²) in [5, 5.41) is 0. The zero-order valence-electron chi connectivity index (χ0n) is 26.5. The third-order valence-electron chi connectivity index (χ3n) is 7.69. The van der Waals surface area contributed by atoms with Gasteiger partial charge in [0, 0.05) is 57.0 Å². The van der Waals surface area contributed by atoms with Crippen molar-refractivity contribution in [2.45, 2.75) is 110 Å². The third-order valence-corrected chi connectivity index (χ3v) is 7.69. The molecule has 0 saturated carbocycles. The molecule has 42 heavy (non-hydrogen) atoms. The Morgan fingerprint density at radius 2 is 1.62 bits per heavy atom. The first-order valence-electron chi connectivity index (χ1n) is 15.6. The topological polar surface area (TPSA) is 105 Å². The molecule has 0 unspecified atom stereocenters. The molecular weight excluding hydrogens is 526 g/mol. The van der Waals surface area contributed by atoms with Gasteiger partial charge in [-0.25, -0.2) is 9.97 Å². The third kappa shape index (κ3) is 11.7. The number of rotatable bonds is 20. The van der Waals surface area contributed by atoms with Crippen LogP contribution in [0.3, 0.4) is 0 Å². The molecule has 3 N–H and O–H groups in total. The van der Waals surface area contributed by atoms with E-state index in [1.54, 1.807) is 6.20 Å². The number of ether oxygens (including phenoxy) is 1. The van der Waals surface area contributed by atoms with Gasteiger partial charge in [0.25, 0.3) is 0 Å². The number of nitrogens with one attached hydrogen (secondary N) is 1. The van der Waals surface area contributed by atoms with Gasteiger partial charge < -0.3 is 20.0 Å². The van der Waals surface area contributed by atoms with Crippen molar-refractivity contribution in [2.75, 3.05) is 13.1 Å². The molecule has 0 aliphatic heterocycles. The minimum Gasteiger partial charge on any atom is -0.463 e. The molecule has 0 amide bonds. The monoisotopic (exact) mass is 579 g/mol. The Morgan fingerprint density at radius 3 is 2.17 bits per heavy atom. The van der Waals surface area contributed by atoms with E-state index in [2.05, 4.69) is 67.4 Å². The molecule has 9 nitrogen and oxygen atoms in total. The van der Waals surface area contributed by atoms with Crippen molar-refractivity contribution in [2.24, 2.45) is 12.8 Å². The van der Waals surface area contributed by atoms with Crippen LogP contribution < -0.4 is 5.73 Å². The highest BCUT2D eigenvalue weighted by atomic mass is 16.5. The van der Waals surface area contributed by atoms with E-state index in [1.807, 2.05) is 39.5 Å². The highest BCUT2D eigenvalue weighted by Gasteiger charge is 2.23. The fourth-order valence-corrected chi connectivity index (χ4v) is 5.65. The van der Waals surface area contributed by atoms with Crippen LogP contribution in [0.25, 0.3) is 0 Å². The van der Waals surface area contributed by atoms with E-state index in [0.717, 1.165) is 76.4 Å². The van der Waals surface area contributed by atoms with Gasteiger partial charge in [0.05, 0.1) is 25.6 Å². The smallest absolute Gasteiger partial charge is 0.307 e. The van der Waals surface area contributed by atoms with Crippen LogP contribution in [0.4, 0.5) is 0 Å². The number of H-pyrrole nitrogens is 1. The van der Waals surface area contributed by atoms with Gasteiger partial charge in [0.1, 0.15) is 11.6 Å². The van der Waals surface area contributed by atoms with Crippen molar-refractivity contribution in [3.63, 3.8) is 0 Å². The van der Waals surface area contributed by atoms with Gasteiger partial charge in [-0.3, -0.25) is 14.6 Å². The number of aryl methyl sites for hydroxylation is 1. The number of aromatic nitrogens is 4. The molecule has 232 valence electrons. The van der Waals surface area contributed by atoms with Crippen molar-refractivity contribution < 1.29 is 9.53 Å². The summed E-state index contributed by atoms with van der Waals surface area (Å²) >= 11 is 0.